The highest BCUT2D eigenvalue weighted by atomic mass is 15.2. The first-order valence-corrected chi connectivity index (χ1v) is 8.40. The predicted octanol–water partition coefficient (Wildman–Crippen LogP) is 4.29. The molecule has 0 saturated carbocycles. The summed E-state index contributed by atoms with van der Waals surface area (Å²) < 4.78 is 0. The Bertz CT molecular complexity index is 197. The van der Waals surface area contributed by atoms with Crippen LogP contribution in [0.3, 0.4) is 0 Å². The van der Waals surface area contributed by atoms with Crippen LogP contribution in [0.2, 0.25) is 0 Å². The van der Waals surface area contributed by atoms with Crippen molar-refractivity contribution in [2.45, 2.75) is 85.7 Å². The molecule has 2 heteroatoms. The normalized spacial score (nSPS) is 15.5. The summed E-state index contributed by atoms with van der Waals surface area (Å²) in [4.78, 5) is 2.72. The molecule has 0 aromatic carbocycles. The third-order valence-electron chi connectivity index (χ3n) is 3.96. The zero-order chi connectivity index (χ0) is 14.8. The van der Waals surface area contributed by atoms with Gasteiger partial charge in [-0.25, -0.2) is 0 Å². The topological polar surface area (TPSA) is 29.3 Å². The van der Waals surface area contributed by atoms with Crippen LogP contribution in [-0.2, 0) is 0 Å². The maximum Gasteiger partial charge on any atom is 0.00902 e. The van der Waals surface area contributed by atoms with Gasteiger partial charge >= 0.3 is 0 Å². The van der Waals surface area contributed by atoms with E-state index in [9.17, 15) is 0 Å². The molecule has 2 atom stereocenters. The van der Waals surface area contributed by atoms with E-state index in [-0.39, 0.29) is 0 Å². The van der Waals surface area contributed by atoms with E-state index in [0.717, 1.165) is 17.9 Å². The minimum absolute atomic E-state index is 0.359. The molecule has 19 heavy (non-hydrogen) atoms. The highest BCUT2D eigenvalue weighted by Gasteiger charge is 2.18. The molecule has 0 heterocycles. The summed E-state index contributed by atoms with van der Waals surface area (Å²) in [5.41, 5.74) is 5.83. The van der Waals surface area contributed by atoms with Gasteiger partial charge in [-0.3, -0.25) is 4.90 Å². The number of rotatable bonds is 11. The van der Waals surface area contributed by atoms with Gasteiger partial charge in [0.05, 0.1) is 0 Å². The number of nitrogens with zero attached hydrogens (tertiary/aromatic N) is 1. The third-order valence-corrected chi connectivity index (χ3v) is 3.96. The van der Waals surface area contributed by atoms with Gasteiger partial charge in [-0.15, -0.1) is 0 Å². The molecule has 2 unspecified atom stereocenters. The number of nitrogens with two attached hydrogens (primary N) is 1. The number of hydrogen-bond acceptors (Lipinski definition) is 2. The lowest BCUT2D eigenvalue weighted by molar-refractivity contribution is 0.140. The van der Waals surface area contributed by atoms with Gasteiger partial charge in [0.2, 0.25) is 0 Å². The molecule has 0 aliphatic carbocycles. The third kappa shape index (κ3) is 9.45. The number of hydrogen-bond donors (Lipinski definition) is 1. The van der Waals surface area contributed by atoms with Gasteiger partial charge in [0.25, 0.3) is 0 Å². The maximum atomic E-state index is 5.83. The Labute approximate surface area is 122 Å². The van der Waals surface area contributed by atoms with Crippen molar-refractivity contribution < 1.29 is 0 Å². The van der Waals surface area contributed by atoms with Gasteiger partial charge in [-0.2, -0.15) is 0 Å². The summed E-state index contributed by atoms with van der Waals surface area (Å²) in [5, 5.41) is 0. The quantitative estimate of drug-likeness (QED) is 0.607. The van der Waals surface area contributed by atoms with E-state index in [0.29, 0.717) is 6.04 Å². The molecule has 0 aromatic rings. The second-order valence-electron chi connectivity index (χ2n) is 6.83. The summed E-state index contributed by atoms with van der Waals surface area (Å²) in [6.45, 7) is 16.3. The first kappa shape index (κ1) is 18.9. The molecule has 0 amide bonds. The molecule has 0 radical (unpaired) electrons. The zero-order valence-corrected chi connectivity index (χ0v) is 14.3. The van der Waals surface area contributed by atoms with Gasteiger partial charge in [-0.05, 0) is 44.4 Å². The van der Waals surface area contributed by atoms with Crippen LogP contribution in [0.4, 0.5) is 0 Å². The Morgan fingerprint density at radius 2 is 1.47 bits per heavy atom. The Morgan fingerprint density at radius 3 is 1.89 bits per heavy atom. The largest absolute Gasteiger partial charge is 0.328 e. The second-order valence-corrected chi connectivity index (χ2v) is 6.83. The molecular formula is C17H38N2. The van der Waals surface area contributed by atoms with Crippen LogP contribution < -0.4 is 5.73 Å². The van der Waals surface area contributed by atoms with E-state index in [1.165, 1.54) is 45.2 Å². The molecule has 0 fully saturated rings. The van der Waals surface area contributed by atoms with Gasteiger partial charge in [0, 0.05) is 25.2 Å². The average molecular weight is 271 g/mol. The monoisotopic (exact) mass is 270 g/mol. The molecule has 2 N–H and O–H groups in total. The minimum atomic E-state index is 0.359. The molecule has 0 aliphatic rings. The van der Waals surface area contributed by atoms with Gasteiger partial charge in [-0.1, -0.05) is 41.0 Å². The van der Waals surface area contributed by atoms with E-state index >= 15 is 0 Å². The van der Waals surface area contributed by atoms with Crippen LogP contribution in [0.25, 0.3) is 0 Å². The standard InChI is InChI=1S/C17H38N2/c1-7-17(8-2)19(12-14(3)4)13-15(5)10-9-11-16(6)18/h14-17H,7-13,18H2,1-6H3. The van der Waals surface area contributed by atoms with E-state index in [2.05, 4.69) is 46.4 Å². The Morgan fingerprint density at radius 1 is 0.895 bits per heavy atom. The van der Waals surface area contributed by atoms with E-state index < -0.39 is 0 Å². The Hall–Kier alpha value is -0.0800. The lowest BCUT2D eigenvalue weighted by Gasteiger charge is -2.34. The molecule has 0 bridgehead atoms. The van der Waals surface area contributed by atoms with Crippen LogP contribution in [-0.4, -0.2) is 30.1 Å². The fourth-order valence-electron chi connectivity index (χ4n) is 2.93. The molecule has 0 saturated heterocycles. The van der Waals surface area contributed by atoms with Crippen molar-refractivity contribution in [3.05, 3.63) is 0 Å². The second kappa shape index (κ2) is 10.7. The molecular weight excluding hydrogens is 232 g/mol. The maximum absolute atomic E-state index is 5.83. The lowest BCUT2D eigenvalue weighted by atomic mass is 9.99. The highest BCUT2D eigenvalue weighted by Crippen LogP contribution is 2.17. The summed E-state index contributed by atoms with van der Waals surface area (Å²) in [5.74, 6) is 1.55. The minimum Gasteiger partial charge on any atom is -0.328 e. The molecule has 0 aromatic heterocycles. The molecule has 0 rings (SSSR count). The Kier molecular flexibility index (Phi) is 10.6. The summed E-state index contributed by atoms with van der Waals surface area (Å²) >= 11 is 0. The smallest absolute Gasteiger partial charge is 0.00902 e. The first-order chi connectivity index (χ1) is 8.90. The highest BCUT2D eigenvalue weighted by molar-refractivity contribution is 4.73. The van der Waals surface area contributed by atoms with Crippen LogP contribution in [0.15, 0.2) is 0 Å². The lowest BCUT2D eigenvalue weighted by Crippen LogP contribution is -2.40. The Balaban J connectivity index is 4.21. The van der Waals surface area contributed by atoms with Crippen LogP contribution in [0, 0.1) is 11.8 Å². The van der Waals surface area contributed by atoms with Crippen molar-refractivity contribution in [2.24, 2.45) is 17.6 Å². The summed E-state index contributed by atoms with van der Waals surface area (Å²) in [6, 6.07) is 1.12. The van der Waals surface area contributed by atoms with Gasteiger partial charge < -0.3 is 5.73 Å². The van der Waals surface area contributed by atoms with E-state index in [1.54, 1.807) is 0 Å². The molecule has 0 spiro atoms. The van der Waals surface area contributed by atoms with Crippen molar-refractivity contribution in [1.82, 2.24) is 4.90 Å². The van der Waals surface area contributed by atoms with Crippen molar-refractivity contribution in [3.8, 4) is 0 Å². The van der Waals surface area contributed by atoms with Gasteiger partial charge in [0.1, 0.15) is 0 Å². The van der Waals surface area contributed by atoms with E-state index in [1.807, 2.05) is 0 Å². The fraction of sp³-hybridized carbons (Fsp3) is 1.00. The average Bonchev–Trinajstić information content (AvgIpc) is 2.28. The molecule has 2 nitrogen and oxygen atoms in total. The van der Waals surface area contributed by atoms with Crippen molar-refractivity contribution in [3.63, 3.8) is 0 Å². The van der Waals surface area contributed by atoms with Crippen molar-refractivity contribution >= 4 is 0 Å². The van der Waals surface area contributed by atoms with Crippen LogP contribution in [0.1, 0.15) is 73.6 Å². The van der Waals surface area contributed by atoms with Crippen molar-refractivity contribution in [2.75, 3.05) is 13.1 Å². The first-order valence-electron chi connectivity index (χ1n) is 8.40. The molecule has 116 valence electrons. The van der Waals surface area contributed by atoms with Crippen molar-refractivity contribution in [1.29, 1.82) is 0 Å². The summed E-state index contributed by atoms with van der Waals surface area (Å²) in [6.07, 6.45) is 6.30. The molecule has 0 aliphatic heterocycles. The van der Waals surface area contributed by atoms with Crippen LogP contribution >= 0.6 is 0 Å². The zero-order valence-electron chi connectivity index (χ0n) is 14.3. The fourth-order valence-corrected chi connectivity index (χ4v) is 2.93. The van der Waals surface area contributed by atoms with E-state index in [4.69, 9.17) is 5.73 Å². The summed E-state index contributed by atoms with van der Waals surface area (Å²) in [7, 11) is 0. The SMILES string of the molecule is CCC(CC)N(CC(C)C)CC(C)CCCC(C)N. The predicted molar refractivity (Wildman–Crippen MR) is 87.4 cm³/mol. The van der Waals surface area contributed by atoms with Crippen LogP contribution in [0.5, 0.6) is 0 Å². The van der Waals surface area contributed by atoms with Gasteiger partial charge in [0.15, 0.2) is 0 Å².